The van der Waals surface area contributed by atoms with Crippen LogP contribution in [0.25, 0.3) is 0 Å². The minimum atomic E-state index is -0.123. The minimum Gasteiger partial charge on any atom is -0.324 e. The van der Waals surface area contributed by atoms with Gasteiger partial charge in [0.05, 0.1) is 18.3 Å². The molecule has 4 rings (SSSR count). The molecule has 1 aliphatic heterocycles. The second kappa shape index (κ2) is 7.73. The lowest BCUT2D eigenvalue weighted by molar-refractivity contribution is -0.115. The fourth-order valence-corrected chi connectivity index (χ4v) is 3.83. The summed E-state index contributed by atoms with van der Waals surface area (Å²) >= 11 is 0. The molecule has 2 aromatic rings. The smallest absolute Gasteiger partial charge is 0.324 e. The zero-order valence-electron chi connectivity index (χ0n) is 15.2. The number of urea groups is 1. The van der Waals surface area contributed by atoms with Gasteiger partial charge >= 0.3 is 6.03 Å². The molecule has 7 nitrogen and oxygen atoms in total. The number of nitrogens with one attached hydrogen (secondary N) is 1. The molecule has 2 aromatic heterocycles. The van der Waals surface area contributed by atoms with E-state index in [2.05, 4.69) is 15.3 Å². The zero-order chi connectivity index (χ0) is 18.6. The quantitative estimate of drug-likeness (QED) is 0.884. The summed E-state index contributed by atoms with van der Waals surface area (Å²) in [5, 5.41) is 2.83. The third-order valence-corrected chi connectivity index (χ3v) is 5.20. The molecule has 0 aromatic carbocycles. The summed E-state index contributed by atoms with van der Waals surface area (Å²) in [7, 11) is 0. The molecule has 2 fully saturated rings. The van der Waals surface area contributed by atoms with Gasteiger partial charge in [-0.1, -0.05) is 18.9 Å². The Morgan fingerprint density at radius 1 is 1.15 bits per heavy atom. The topological polar surface area (TPSA) is 78.4 Å². The van der Waals surface area contributed by atoms with Gasteiger partial charge in [-0.05, 0) is 36.6 Å². The lowest BCUT2D eigenvalue weighted by atomic mass is 10.2. The highest BCUT2D eigenvalue weighted by Crippen LogP contribution is 2.28. The van der Waals surface area contributed by atoms with Gasteiger partial charge in [-0.2, -0.15) is 0 Å². The molecule has 2 aliphatic rings. The molecule has 27 heavy (non-hydrogen) atoms. The van der Waals surface area contributed by atoms with E-state index in [0.29, 0.717) is 24.1 Å². The molecule has 3 heterocycles. The Labute approximate surface area is 158 Å². The van der Waals surface area contributed by atoms with E-state index in [4.69, 9.17) is 0 Å². The molecule has 0 atom stereocenters. The van der Waals surface area contributed by atoms with Crippen molar-refractivity contribution in [1.82, 2.24) is 14.9 Å². The van der Waals surface area contributed by atoms with Crippen molar-refractivity contribution < 1.29 is 9.59 Å². The van der Waals surface area contributed by atoms with Gasteiger partial charge in [0.25, 0.3) is 0 Å². The summed E-state index contributed by atoms with van der Waals surface area (Å²) in [4.78, 5) is 36.9. The lowest BCUT2D eigenvalue weighted by Crippen LogP contribution is -2.38. The van der Waals surface area contributed by atoms with Gasteiger partial charge in [0, 0.05) is 31.5 Å². The van der Waals surface area contributed by atoms with Crippen LogP contribution in [0.15, 0.2) is 42.9 Å². The van der Waals surface area contributed by atoms with Crippen LogP contribution >= 0.6 is 0 Å². The molecular weight excluding hydrogens is 342 g/mol. The van der Waals surface area contributed by atoms with Crippen LogP contribution in [0.1, 0.15) is 31.2 Å². The van der Waals surface area contributed by atoms with E-state index >= 15 is 0 Å². The number of pyridine rings is 2. The first-order valence-electron chi connectivity index (χ1n) is 9.43. The third kappa shape index (κ3) is 3.92. The highest BCUT2D eigenvalue weighted by molar-refractivity contribution is 5.94. The number of carbonyl (C=O) groups is 2. The van der Waals surface area contributed by atoms with Crippen LogP contribution < -0.4 is 10.2 Å². The van der Waals surface area contributed by atoms with Gasteiger partial charge in [-0.15, -0.1) is 0 Å². The van der Waals surface area contributed by atoms with Crippen molar-refractivity contribution in [2.75, 3.05) is 23.3 Å². The Morgan fingerprint density at radius 2 is 2.00 bits per heavy atom. The Bertz CT molecular complexity index is 803. The molecule has 7 heteroatoms. The molecule has 0 spiro atoms. The Kier molecular flexibility index (Phi) is 5.00. The largest absolute Gasteiger partial charge is 0.326 e. The molecular formula is C20H23N5O2. The van der Waals surface area contributed by atoms with Crippen molar-refractivity contribution in [3.8, 4) is 0 Å². The predicted octanol–water partition coefficient (Wildman–Crippen LogP) is 2.84. The second-order valence-electron chi connectivity index (χ2n) is 7.06. The lowest BCUT2D eigenvalue weighted by Gasteiger charge is -2.23. The molecule has 1 aliphatic carbocycles. The van der Waals surface area contributed by atoms with Gasteiger partial charge in [-0.3, -0.25) is 14.7 Å². The highest BCUT2D eigenvalue weighted by Gasteiger charge is 2.36. The molecule has 0 radical (unpaired) electrons. The number of rotatable bonds is 5. The van der Waals surface area contributed by atoms with E-state index in [1.807, 2.05) is 11.0 Å². The van der Waals surface area contributed by atoms with Crippen LogP contribution in [0, 0.1) is 0 Å². The van der Waals surface area contributed by atoms with E-state index in [1.165, 1.54) is 12.8 Å². The maximum absolute atomic E-state index is 12.7. The summed E-state index contributed by atoms with van der Waals surface area (Å²) in [6.07, 6.45) is 9.84. The summed E-state index contributed by atoms with van der Waals surface area (Å²) in [5.41, 5.74) is 1.47. The number of anilines is 2. The Balaban J connectivity index is 1.36. The number of carbonyl (C=O) groups excluding carboxylic acids is 2. The maximum Gasteiger partial charge on any atom is 0.326 e. The van der Waals surface area contributed by atoms with E-state index in [-0.39, 0.29) is 18.4 Å². The Morgan fingerprint density at radius 3 is 2.70 bits per heavy atom. The first kappa shape index (κ1) is 17.5. The highest BCUT2D eigenvalue weighted by atomic mass is 16.2. The minimum absolute atomic E-state index is 0.0442. The SMILES string of the molecule is O=C(Cc1cccnc1)Nc1ccc(N2CCN(C3CCCC3)C2=O)nc1. The molecule has 3 amide bonds. The van der Waals surface area contributed by atoms with Gasteiger partial charge in [-0.25, -0.2) is 9.78 Å². The number of hydrogen-bond donors (Lipinski definition) is 1. The average Bonchev–Trinajstić information content (AvgIpc) is 3.33. The molecule has 1 saturated carbocycles. The van der Waals surface area contributed by atoms with Crippen molar-refractivity contribution >= 4 is 23.4 Å². The van der Waals surface area contributed by atoms with Crippen LogP contribution in [0.3, 0.4) is 0 Å². The average molecular weight is 365 g/mol. The van der Waals surface area contributed by atoms with Gasteiger partial charge in [0.15, 0.2) is 0 Å². The molecule has 140 valence electrons. The summed E-state index contributed by atoms with van der Waals surface area (Å²) in [5.74, 6) is 0.507. The van der Waals surface area contributed by atoms with Crippen LogP contribution in [0.2, 0.25) is 0 Å². The fourth-order valence-electron chi connectivity index (χ4n) is 3.83. The summed E-state index contributed by atoms with van der Waals surface area (Å²) < 4.78 is 0. The van der Waals surface area contributed by atoms with Crippen molar-refractivity contribution in [1.29, 1.82) is 0 Å². The van der Waals surface area contributed by atoms with Crippen LogP contribution in [0.5, 0.6) is 0 Å². The Hall–Kier alpha value is -2.96. The summed E-state index contributed by atoms with van der Waals surface area (Å²) in [6.45, 7) is 1.42. The number of amides is 3. The van der Waals surface area contributed by atoms with E-state index in [1.54, 1.807) is 41.7 Å². The first-order valence-corrected chi connectivity index (χ1v) is 9.43. The van der Waals surface area contributed by atoms with Crippen molar-refractivity contribution in [3.63, 3.8) is 0 Å². The number of nitrogens with zero attached hydrogens (tertiary/aromatic N) is 4. The first-order chi connectivity index (χ1) is 13.2. The monoisotopic (exact) mass is 365 g/mol. The second-order valence-corrected chi connectivity index (χ2v) is 7.06. The number of aromatic nitrogens is 2. The normalized spacial score (nSPS) is 17.6. The van der Waals surface area contributed by atoms with Crippen LogP contribution in [-0.2, 0) is 11.2 Å². The van der Waals surface area contributed by atoms with E-state index in [0.717, 1.165) is 24.9 Å². The van der Waals surface area contributed by atoms with E-state index in [9.17, 15) is 9.59 Å². The summed E-state index contributed by atoms with van der Waals surface area (Å²) in [6, 6.07) is 7.67. The van der Waals surface area contributed by atoms with Crippen molar-refractivity contribution in [2.45, 2.75) is 38.1 Å². The van der Waals surface area contributed by atoms with Gasteiger partial charge < -0.3 is 10.2 Å². The van der Waals surface area contributed by atoms with E-state index < -0.39 is 0 Å². The van der Waals surface area contributed by atoms with Crippen molar-refractivity contribution in [2.24, 2.45) is 0 Å². The van der Waals surface area contributed by atoms with Crippen LogP contribution in [0.4, 0.5) is 16.3 Å². The fraction of sp³-hybridized carbons (Fsp3) is 0.400. The molecule has 1 saturated heterocycles. The van der Waals surface area contributed by atoms with Crippen LogP contribution in [-0.4, -0.2) is 45.9 Å². The molecule has 1 N–H and O–H groups in total. The third-order valence-electron chi connectivity index (χ3n) is 5.20. The molecule has 0 bridgehead atoms. The van der Waals surface area contributed by atoms with Gasteiger partial charge in [0.1, 0.15) is 5.82 Å². The predicted molar refractivity (Wildman–Crippen MR) is 103 cm³/mol. The number of hydrogen-bond acceptors (Lipinski definition) is 4. The van der Waals surface area contributed by atoms with Crippen molar-refractivity contribution in [3.05, 3.63) is 48.4 Å². The standard InChI is InChI=1S/C20H23N5O2/c26-19(12-15-4-3-9-21-13-15)23-16-7-8-18(22-14-16)25-11-10-24(20(25)27)17-5-1-2-6-17/h3-4,7-9,13-14,17H,1-2,5-6,10-12H2,(H,23,26). The zero-order valence-corrected chi connectivity index (χ0v) is 15.2. The molecule has 0 unspecified atom stereocenters. The maximum atomic E-state index is 12.7. The van der Waals surface area contributed by atoms with Gasteiger partial charge in [0.2, 0.25) is 5.91 Å².